The van der Waals surface area contributed by atoms with Crippen LogP contribution in [0.5, 0.6) is 5.75 Å². The fraction of sp³-hybridized carbons (Fsp3) is 0.618. The molecular weight excluding hydrogens is 510 g/mol. The van der Waals surface area contributed by atoms with Crippen LogP contribution in [-0.4, -0.2) is 77.6 Å². The Hall–Kier alpha value is -2.93. The molecule has 1 aromatic heterocycles. The Morgan fingerprint density at radius 3 is 2.24 bits per heavy atom. The fourth-order valence-electron chi connectivity index (χ4n) is 7.11. The third kappa shape index (κ3) is 6.94. The Kier molecular flexibility index (Phi) is 9.19. The highest BCUT2D eigenvalue weighted by atomic mass is 16.5. The van der Waals surface area contributed by atoms with Crippen molar-refractivity contribution in [3.05, 3.63) is 53.9 Å². The Morgan fingerprint density at radius 2 is 1.61 bits per heavy atom. The van der Waals surface area contributed by atoms with Gasteiger partial charge in [0.15, 0.2) is 0 Å². The van der Waals surface area contributed by atoms with Crippen LogP contribution >= 0.6 is 0 Å². The number of aryl methyl sites for hydroxylation is 1. The topological polar surface area (TPSA) is 61.8 Å². The first-order valence-corrected chi connectivity index (χ1v) is 16.2. The molecule has 4 aliphatic rings. The van der Waals surface area contributed by atoms with E-state index in [1.807, 2.05) is 12.4 Å². The molecule has 0 radical (unpaired) electrons. The van der Waals surface area contributed by atoms with Crippen LogP contribution in [0, 0.1) is 11.8 Å². The predicted molar refractivity (Wildman–Crippen MR) is 164 cm³/mol. The van der Waals surface area contributed by atoms with Crippen LogP contribution in [0.4, 0.5) is 5.95 Å². The van der Waals surface area contributed by atoms with Crippen LogP contribution in [-0.2, 0) is 11.2 Å². The van der Waals surface area contributed by atoms with E-state index in [0.717, 1.165) is 95.9 Å². The number of benzene rings is 1. The van der Waals surface area contributed by atoms with E-state index in [4.69, 9.17) is 4.74 Å². The van der Waals surface area contributed by atoms with E-state index in [1.54, 1.807) is 0 Å². The lowest BCUT2D eigenvalue weighted by Gasteiger charge is -2.38. The van der Waals surface area contributed by atoms with Crippen LogP contribution in [0.3, 0.4) is 0 Å². The predicted octanol–water partition coefficient (Wildman–Crippen LogP) is 5.60. The molecule has 6 rings (SSSR count). The third-order valence-corrected chi connectivity index (χ3v) is 9.90. The number of hydrogen-bond donors (Lipinski definition) is 0. The third-order valence-electron chi connectivity index (χ3n) is 9.90. The molecule has 0 N–H and O–H groups in total. The number of hydrogen-bond acceptors (Lipinski definition) is 6. The molecule has 3 aliphatic heterocycles. The number of carbonyl (C=O) groups excluding carboxylic acids is 1. The second-order valence-corrected chi connectivity index (χ2v) is 12.5. The largest absolute Gasteiger partial charge is 0.493 e. The smallest absolute Gasteiger partial charge is 0.226 e. The molecule has 3 fully saturated rings. The summed E-state index contributed by atoms with van der Waals surface area (Å²) in [6.45, 7) is 9.23. The number of anilines is 1. The fourth-order valence-corrected chi connectivity index (χ4v) is 7.11. The summed E-state index contributed by atoms with van der Waals surface area (Å²) in [4.78, 5) is 29.4. The monoisotopic (exact) mass is 557 g/mol. The van der Waals surface area contributed by atoms with Crippen molar-refractivity contribution in [2.75, 3.05) is 50.8 Å². The van der Waals surface area contributed by atoms with E-state index >= 15 is 0 Å². The maximum absolute atomic E-state index is 13.2. The zero-order valence-corrected chi connectivity index (χ0v) is 24.8. The number of nitrogens with zero attached hydrogens (tertiary/aromatic N) is 5. The van der Waals surface area contributed by atoms with Gasteiger partial charge in [-0.05, 0) is 112 Å². The second-order valence-electron chi connectivity index (χ2n) is 12.5. The van der Waals surface area contributed by atoms with Crippen LogP contribution in [0.15, 0.2) is 42.7 Å². The van der Waals surface area contributed by atoms with Gasteiger partial charge in [0, 0.05) is 50.5 Å². The lowest BCUT2D eigenvalue weighted by atomic mass is 9.85. The second kappa shape index (κ2) is 13.4. The molecular formula is C34H47N5O2. The lowest BCUT2D eigenvalue weighted by molar-refractivity contribution is -0.137. The summed E-state index contributed by atoms with van der Waals surface area (Å²) >= 11 is 0. The normalized spacial score (nSPS) is 23.0. The molecule has 2 aromatic rings. The molecule has 1 atom stereocenters. The van der Waals surface area contributed by atoms with Crippen LogP contribution in [0.2, 0.25) is 0 Å². The van der Waals surface area contributed by atoms with E-state index < -0.39 is 0 Å². The molecule has 7 heteroatoms. The van der Waals surface area contributed by atoms with Gasteiger partial charge >= 0.3 is 0 Å². The zero-order chi connectivity index (χ0) is 28.0. The first kappa shape index (κ1) is 28.2. The maximum Gasteiger partial charge on any atom is 0.226 e. The molecule has 0 spiro atoms. The van der Waals surface area contributed by atoms with E-state index in [-0.39, 0.29) is 5.92 Å². The molecule has 3 saturated heterocycles. The summed E-state index contributed by atoms with van der Waals surface area (Å²) in [5.74, 6) is 2.89. The minimum atomic E-state index is 0.151. The Labute approximate surface area is 246 Å². The highest BCUT2D eigenvalue weighted by Crippen LogP contribution is 2.33. The SMILES string of the molecule is CCc1cnc(N2CCC(COc3ccc(C4=CCC(C(=O)N5CCC(N6CCCC6)CC5)CC4)cc3)CC2)nc1. The van der Waals surface area contributed by atoms with Gasteiger partial charge in [0.05, 0.1) is 6.61 Å². The average Bonchev–Trinajstić information content (AvgIpc) is 3.60. The molecule has 1 aliphatic carbocycles. The van der Waals surface area contributed by atoms with Crippen molar-refractivity contribution in [1.82, 2.24) is 19.8 Å². The average molecular weight is 558 g/mol. The molecule has 7 nitrogen and oxygen atoms in total. The van der Waals surface area contributed by atoms with E-state index in [2.05, 4.69) is 61.9 Å². The Morgan fingerprint density at radius 1 is 0.902 bits per heavy atom. The molecule has 1 aromatic carbocycles. The first-order chi connectivity index (χ1) is 20.2. The van der Waals surface area contributed by atoms with Gasteiger partial charge in [-0.1, -0.05) is 25.1 Å². The van der Waals surface area contributed by atoms with Crippen LogP contribution in [0.1, 0.15) is 75.8 Å². The Balaban J connectivity index is 0.924. The van der Waals surface area contributed by atoms with Gasteiger partial charge in [-0.2, -0.15) is 0 Å². The van der Waals surface area contributed by atoms with Crippen molar-refractivity contribution < 1.29 is 9.53 Å². The number of likely N-dealkylation sites (tertiary alicyclic amines) is 2. The van der Waals surface area contributed by atoms with Crippen molar-refractivity contribution in [2.24, 2.45) is 11.8 Å². The van der Waals surface area contributed by atoms with Gasteiger partial charge in [-0.3, -0.25) is 4.79 Å². The zero-order valence-electron chi connectivity index (χ0n) is 24.8. The number of aromatic nitrogens is 2. The summed E-state index contributed by atoms with van der Waals surface area (Å²) in [6, 6.07) is 9.29. The van der Waals surface area contributed by atoms with Gasteiger partial charge in [0.1, 0.15) is 5.75 Å². The highest BCUT2D eigenvalue weighted by molar-refractivity contribution is 5.81. The number of ether oxygens (including phenoxy) is 1. The van der Waals surface area contributed by atoms with Crippen LogP contribution < -0.4 is 9.64 Å². The van der Waals surface area contributed by atoms with Crippen molar-refractivity contribution in [1.29, 1.82) is 0 Å². The van der Waals surface area contributed by atoms with Gasteiger partial charge in [0.25, 0.3) is 0 Å². The standard InChI is InChI=1S/C34H47N5O2/c1-2-26-23-35-34(36-24-26)39-19-13-27(14-20-39)25-41-32-11-9-29(10-12-32)28-5-7-30(8-6-28)33(40)38-21-15-31(16-22-38)37-17-3-4-18-37/h5,9-12,23-24,27,30-31H,2-4,6-8,13-22,25H2,1H3. The van der Waals surface area contributed by atoms with Crippen molar-refractivity contribution in [3.8, 4) is 5.75 Å². The summed E-state index contributed by atoms with van der Waals surface area (Å²) < 4.78 is 6.19. The minimum absolute atomic E-state index is 0.151. The lowest BCUT2D eigenvalue weighted by Crippen LogP contribution is -2.47. The summed E-state index contributed by atoms with van der Waals surface area (Å²) in [7, 11) is 0. The molecule has 4 heterocycles. The highest BCUT2D eigenvalue weighted by Gasteiger charge is 2.32. The molecule has 0 bridgehead atoms. The summed E-state index contributed by atoms with van der Waals surface area (Å²) in [6.07, 6.45) is 17.2. The number of amides is 1. The number of piperidine rings is 2. The minimum Gasteiger partial charge on any atom is -0.493 e. The molecule has 1 amide bonds. The number of allylic oxidation sites excluding steroid dienone is 2. The van der Waals surface area contributed by atoms with Gasteiger partial charge in [0.2, 0.25) is 11.9 Å². The number of rotatable bonds is 8. The first-order valence-electron chi connectivity index (χ1n) is 16.2. The molecule has 41 heavy (non-hydrogen) atoms. The van der Waals surface area contributed by atoms with Gasteiger partial charge in [-0.25, -0.2) is 9.97 Å². The molecule has 220 valence electrons. The van der Waals surface area contributed by atoms with Crippen molar-refractivity contribution in [3.63, 3.8) is 0 Å². The van der Waals surface area contributed by atoms with Gasteiger partial charge in [-0.15, -0.1) is 0 Å². The molecule has 1 unspecified atom stereocenters. The molecule has 0 saturated carbocycles. The van der Waals surface area contributed by atoms with E-state index in [1.165, 1.54) is 42.6 Å². The Bertz CT molecular complexity index is 1160. The van der Waals surface area contributed by atoms with Gasteiger partial charge < -0.3 is 19.4 Å². The van der Waals surface area contributed by atoms with E-state index in [0.29, 0.717) is 17.9 Å². The van der Waals surface area contributed by atoms with Crippen molar-refractivity contribution in [2.45, 2.75) is 77.2 Å². The number of carbonyl (C=O) groups is 1. The summed E-state index contributed by atoms with van der Waals surface area (Å²) in [5.41, 5.74) is 3.81. The quantitative estimate of drug-likeness (QED) is 0.421. The van der Waals surface area contributed by atoms with Crippen molar-refractivity contribution >= 4 is 17.4 Å². The maximum atomic E-state index is 13.2. The van der Waals surface area contributed by atoms with Crippen LogP contribution in [0.25, 0.3) is 5.57 Å². The van der Waals surface area contributed by atoms with E-state index in [9.17, 15) is 4.79 Å². The summed E-state index contributed by atoms with van der Waals surface area (Å²) in [5, 5.41) is 0.